The molecule has 0 atom stereocenters. The fourth-order valence-electron chi connectivity index (χ4n) is 4.07. The van der Waals surface area contributed by atoms with Gasteiger partial charge in [0.15, 0.2) is 0 Å². The third kappa shape index (κ3) is 3.35. The number of benzene rings is 1. The number of fused-ring (bicyclic) bond motifs is 1. The van der Waals surface area contributed by atoms with Crippen LogP contribution in [-0.2, 0) is 0 Å². The van der Waals surface area contributed by atoms with E-state index in [0.717, 1.165) is 12.2 Å². The molecule has 3 rings (SSSR count). The first kappa shape index (κ1) is 19.2. The summed E-state index contributed by atoms with van der Waals surface area (Å²) < 4.78 is 6.61. The Morgan fingerprint density at radius 3 is 2.38 bits per heavy atom. The summed E-state index contributed by atoms with van der Waals surface area (Å²) in [6.07, 6.45) is 9.93. The average Bonchev–Trinajstić information content (AvgIpc) is 3.13. The molecule has 1 aromatic carbocycles. The predicted molar refractivity (Wildman–Crippen MR) is 122 cm³/mol. The summed E-state index contributed by atoms with van der Waals surface area (Å²) in [6.45, 7) is 20.8. The van der Waals surface area contributed by atoms with Crippen molar-refractivity contribution in [2.45, 2.75) is 59.0 Å². The van der Waals surface area contributed by atoms with Crippen LogP contribution in [0, 0.1) is 6.92 Å². The van der Waals surface area contributed by atoms with Gasteiger partial charge in [0.05, 0.1) is 8.07 Å². The van der Waals surface area contributed by atoms with E-state index >= 15 is 0 Å². The van der Waals surface area contributed by atoms with Crippen molar-refractivity contribution in [2.75, 3.05) is 0 Å². The second kappa shape index (κ2) is 6.54. The number of allylic oxidation sites excluding steroid dienone is 6. The van der Waals surface area contributed by atoms with Crippen LogP contribution in [0.3, 0.4) is 0 Å². The quantitative estimate of drug-likeness (QED) is 0.534. The second-order valence-corrected chi connectivity index (χ2v) is 18.6. The van der Waals surface area contributed by atoms with Crippen LogP contribution in [0.4, 0.5) is 0 Å². The van der Waals surface area contributed by atoms with Crippen molar-refractivity contribution in [3.8, 4) is 5.75 Å². The van der Waals surface area contributed by atoms with Crippen molar-refractivity contribution in [2.24, 2.45) is 0 Å². The van der Waals surface area contributed by atoms with Gasteiger partial charge in [-0.1, -0.05) is 50.9 Å². The van der Waals surface area contributed by atoms with Crippen LogP contribution >= 0.6 is 0 Å². The zero-order chi connectivity index (χ0) is 19.3. The predicted octanol–water partition coefficient (Wildman–Crippen LogP) is 6.44. The highest BCUT2D eigenvalue weighted by molar-refractivity contribution is 6.91. The number of rotatable bonds is 5. The van der Waals surface area contributed by atoms with Crippen molar-refractivity contribution in [1.82, 2.24) is 0 Å². The molecular formula is C23H32OSi2. The molecule has 0 spiro atoms. The molecule has 0 unspecified atom stereocenters. The maximum absolute atomic E-state index is 6.61. The molecule has 0 aliphatic heterocycles. The topological polar surface area (TPSA) is 9.23 Å². The molecule has 0 saturated carbocycles. The minimum Gasteiger partial charge on any atom is -0.544 e. The summed E-state index contributed by atoms with van der Waals surface area (Å²) in [7, 11) is -3.24. The van der Waals surface area contributed by atoms with Crippen LogP contribution in [0.5, 0.6) is 5.75 Å². The van der Waals surface area contributed by atoms with Gasteiger partial charge in [-0.25, -0.2) is 0 Å². The van der Waals surface area contributed by atoms with Gasteiger partial charge in [0, 0.05) is 0 Å². The fraction of sp³-hybridized carbons (Fsp3) is 0.391. The zero-order valence-corrected chi connectivity index (χ0v) is 19.4. The number of hydrogen-bond acceptors (Lipinski definition) is 1. The van der Waals surface area contributed by atoms with Gasteiger partial charge in [0.2, 0.25) is 8.32 Å². The zero-order valence-electron chi connectivity index (χ0n) is 17.4. The molecule has 0 heterocycles. The molecular weight excluding hydrogens is 348 g/mol. The van der Waals surface area contributed by atoms with Crippen molar-refractivity contribution in [3.63, 3.8) is 0 Å². The fourth-order valence-corrected chi connectivity index (χ4v) is 7.27. The Balaban J connectivity index is 2.19. The Hall–Kier alpha value is -1.59. The first-order valence-corrected chi connectivity index (χ1v) is 16.3. The largest absolute Gasteiger partial charge is 0.544 e. The molecule has 0 fully saturated rings. The normalized spacial score (nSPS) is 16.7. The van der Waals surface area contributed by atoms with Gasteiger partial charge in [-0.3, -0.25) is 0 Å². The van der Waals surface area contributed by atoms with Crippen LogP contribution in [0.2, 0.25) is 38.8 Å². The summed E-state index contributed by atoms with van der Waals surface area (Å²) in [5, 5.41) is 1.50. The highest BCUT2D eigenvalue weighted by Gasteiger charge is 2.33. The maximum Gasteiger partial charge on any atom is 0.242 e. The molecule has 1 aromatic rings. The summed E-state index contributed by atoms with van der Waals surface area (Å²) in [4.78, 5) is 0. The highest BCUT2D eigenvalue weighted by atomic mass is 28.4. The molecule has 1 nitrogen and oxygen atoms in total. The Bertz CT molecular complexity index is 861. The van der Waals surface area contributed by atoms with E-state index in [1.165, 1.54) is 44.6 Å². The van der Waals surface area contributed by atoms with Gasteiger partial charge in [-0.05, 0) is 83.7 Å². The van der Waals surface area contributed by atoms with E-state index < -0.39 is 16.4 Å². The van der Waals surface area contributed by atoms with E-state index in [1.54, 1.807) is 0 Å². The highest BCUT2D eigenvalue weighted by Crippen LogP contribution is 2.43. The Morgan fingerprint density at radius 2 is 1.85 bits per heavy atom. The molecule has 0 radical (unpaired) electrons. The first-order valence-electron chi connectivity index (χ1n) is 9.69. The van der Waals surface area contributed by atoms with E-state index in [2.05, 4.69) is 83.5 Å². The SMILES string of the molecule is C=C1C(C2=CC=CC2)=Cc2cc(O[Si](C)(C)C)c([Si](C)(C)CC)c(C)c21. The van der Waals surface area contributed by atoms with Gasteiger partial charge in [0.1, 0.15) is 5.75 Å². The Kier molecular flexibility index (Phi) is 4.82. The summed E-state index contributed by atoms with van der Waals surface area (Å²) >= 11 is 0. The molecule has 3 heteroatoms. The number of hydrogen-bond donors (Lipinski definition) is 0. The van der Waals surface area contributed by atoms with Gasteiger partial charge >= 0.3 is 0 Å². The van der Waals surface area contributed by atoms with Crippen LogP contribution in [-0.4, -0.2) is 16.4 Å². The van der Waals surface area contributed by atoms with E-state index in [0.29, 0.717) is 0 Å². The van der Waals surface area contributed by atoms with Crippen LogP contribution in [0.1, 0.15) is 30.0 Å². The molecule has 2 aliphatic carbocycles. The second-order valence-electron chi connectivity index (χ2n) is 9.15. The lowest BCUT2D eigenvalue weighted by molar-refractivity contribution is 0.561. The Labute approximate surface area is 161 Å². The lowest BCUT2D eigenvalue weighted by Crippen LogP contribution is -2.45. The van der Waals surface area contributed by atoms with E-state index in [4.69, 9.17) is 4.43 Å². The molecule has 0 saturated heterocycles. The molecule has 26 heavy (non-hydrogen) atoms. The van der Waals surface area contributed by atoms with Crippen molar-refractivity contribution in [1.29, 1.82) is 0 Å². The smallest absolute Gasteiger partial charge is 0.242 e. The Morgan fingerprint density at radius 1 is 1.15 bits per heavy atom. The molecule has 0 amide bonds. The standard InChI is InChI=1S/C23H32OSi2/c1-9-26(7,8)23-17(3)22-16(2)20(18-12-10-11-13-18)14-19(22)15-21(23)24-25(4,5)6/h10-12,14-15H,2,9,13H2,1,3-8H3. The lowest BCUT2D eigenvalue weighted by atomic mass is 9.95. The van der Waals surface area contributed by atoms with E-state index in [9.17, 15) is 0 Å². The van der Waals surface area contributed by atoms with Crippen LogP contribution in [0.15, 0.2) is 42.0 Å². The van der Waals surface area contributed by atoms with Crippen molar-refractivity contribution >= 4 is 33.2 Å². The van der Waals surface area contributed by atoms with Crippen LogP contribution < -0.4 is 9.61 Å². The van der Waals surface area contributed by atoms with E-state index in [1.807, 2.05) is 0 Å². The van der Waals surface area contributed by atoms with Gasteiger partial charge in [-0.15, -0.1) is 0 Å². The third-order valence-electron chi connectivity index (χ3n) is 5.59. The summed E-state index contributed by atoms with van der Waals surface area (Å²) in [6, 6.07) is 3.53. The van der Waals surface area contributed by atoms with Crippen molar-refractivity contribution < 1.29 is 4.43 Å². The van der Waals surface area contributed by atoms with E-state index in [-0.39, 0.29) is 0 Å². The van der Waals surface area contributed by atoms with Gasteiger partial charge in [-0.2, -0.15) is 0 Å². The average molecular weight is 381 g/mol. The first-order chi connectivity index (χ1) is 12.0. The molecule has 0 aromatic heterocycles. The molecule has 2 aliphatic rings. The molecule has 138 valence electrons. The van der Waals surface area contributed by atoms with Crippen molar-refractivity contribution in [3.05, 3.63) is 58.7 Å². The third-order valence-corrected chi connectivity index (χ3v) is 10.2. The van der Waals surface area contributed by atoms with Gasteiger partial charge in [0.25, 0.3) is 0 Å². The molecule has 0 N–H and O–H groups in total. The minimum atomic E-state index is -1.68. The monoisotopic (exact) mass is 380 g/mol. The lowest BCUT2D eigenvalue weighted by Gasteiger charge is -2.31. The maximum atomic E-state index is 6.61. The summed E-state index contributed by atoms with van der Waals surface area (Å²) in [5.41, 5.74) is 7.91. The van der Waals surface area contributed by atoms with Crippen LogP contribution in [0.25, 0.3) is 11.6 Å². The summed E-state index contributed by atoms with van der Waals surface area (Å²) in [5.74, 6) is 1.14. The minimum absolute atomic E-state index is 1.01. The molecule has 0 bridgehead atoms. The van der Waals surface area contributed by atoms with Gasteiger partial charge < -0.3 is 4.43 Å².